The number of hydrogen-bond donors (Lipinski definition) is 1. The molecule has 0 radical (unpaired) electrons. The van der Waals surface area contributed by atoms with Crippen molar-refractivity contribution < 1.29 is 4.74 Å². The van der Waals surface area contributed by atoms with Gasteiger partial charge in [0.05, 0.1) is 17.2 Å². The first kappa shape index (κ1) is 17.7. The average Bonchev–Trinajstić information content (AvgIpc) is 2.99. The maximum atomic E-state index is 12.8. The number of rotatable bonds is 3. The van der Waals surface area contributed by atoms with Crippen LogP contribution in [0.15, 0.2) is 35.5 Å². The Bertz CT molecular complexity index is 1270. The fourth-order valence-electron chi connectivity index (χ4n) is 3.84. The normalized spacial score (nSPS) is 15.2. The number of nitrogens with zero attached hydrogens (tertiary/aromatic N) is 6. The van der Waals surface area contributed by atoms with Gasteiger partial charge < -0.3 is 10.1 Å². The lowest BCUT2D eigenvalue weighted by Gasteiger charge is -2.22. The Morgan fingerprint density at radius 2 is 1.83 bits per heavy atom. The molecule has 1 saturated heterocycles. The van der Waals surface area contributed by atoms with Gasteiger partial charge in [0.2, 0.25) is 5.95 Å². The lowest BCUT2D eigenvalue weighted by atomic mass is 10.1. The van der Waals surface area contributed by atoms with Crippen molar-refractivity contribution in [1.82, 2.24) is 29.1 Å². The van der Waals surface area contributed by atoms with Crippen molar-refractivity contribution in [3.05, 3.63) is 46.8 Å². The number of ether oxygens (including phenoxy) is 1. The van der Waals surface area contributed by atoms with Gasteiger partial charge in [-0.3, -0.25) is 19.1 Å². The van der Waals surface area contributed by atoms with Crippen LogP contribution >= 0.6 is 0 Å². The maximum absolute atomic E-state index is 12.8. The molecule has 0 unspecified atom stereocenters. The number of fused-ring (bicyclic) bond motifs is 2. The van der Waals surface area contributed by atoms with E-state index in [4.69, 9.17) is 9.72 Å². The van der Waals surface area contributed by atoms with Crippen LogP contribution in [0.4, 0.5) is 11.6 Å². The molecule has 4 heterocycles. The van der Waals surface area contributed by atoms with Crippen LogP contribution in [-0.2, 0) is 11.8 Å². The first-order valence-corrected chi connectivity index (χ1v) is 9.62. The molecule has 1 aliphatic heterocycles. The molecule has 3 aromatic heterocycles. The maximum Gasteiger partial charge on any atom is 0.330 e. The van der Waals surface area contributed by atoms with Gasteiger partial charge in [0.25, 0.3) is 0 Å². The minimum absolute atomic E-state index is 0.0736. The summed E-state index contributed by atoms with van der Waals surface area (Å²) < 4.78 is 8.84. The number of hydrogen-bond acceptors (Lipinski definition) is 7. The van der Waals surface area contributed by atoms with Crippen molar-refractivity contribution in [3.63, 3.8) is 0 Å². The predicted molar refractivity (Wildman–Crippen MR) is 109 cm³/mol. The van der Waals surface area contributed by atoms with Gasteiger partial charge in [-0.25, -0.2) is 9.78 Å². The van der Waals surface area contributed by atoms with Gasteiger partial charge in [-0.1, -0.05) is 0 Å². The smallest absolute Gasteiger partial charge is 0.330 e. The van der Waals surface area contributed by atoms with E-state index in [9.17, 15) is 4.79 Å². The molecule has 148 valence electrons. The Balaban J connectivity index is 1.58. The van der Waals surface area contributed by atoms with Crippen LogP contribution in [-0.4, -0.2) is 42.3 Å². The molecule has 0 saturated carbocycles. The molecule has 29 heavy (non-hydrogen) atoms. The summed E-state index contributed by atoms with van der Waals surface area (Å²) in [7, 11) is 1.75. The number of imidazole rings is 1. The highest BCUT2D eigenvalue weighted by molar-refractivity contribution is 5.82. The second-order valence-corrected chi connectivity index (χ2v) is 7.29. The molecule has 4 aromatic rings. The second-order valence-electron chi connectivity index (χ2n) is 7.29. The van der Waals surface area contributed by atoms with Gasteiger partial charge in [0, 0.05) is 44.4 Å². The first-order valence-electron chi connectivity index (χ1n) is 9.62. The van der Waals surface area contributed by atoms with Crippen LogP contribution in [0.3, 0.4) is 0 Å². The lowest BCUT2D eigenvalue weighted by Crippen LogP contribution is -2.30. The summed E-state index contributed by atoms with van der Waals surface area (Å²) in [6, 6.07) is 3.99. The average molecular weight is 391 g/mol. The Labute approximate surface area is 166 Å². The molecule has 1 N–H and O–H groups in total. The summed E-state index contributed by atoms with van der Waals surface area (Å²) in [5.41, 5.74) is 4.78. The van der Waals surface area contributed by atoms with Crippen molar-refractivity contribution in [1.29, 1.82) is 0 Å². The molecule has 0 spiro atoms. The van der Waals surface area contributed by atoms with E-state index in [-0.39, 0.29) is 11.7 Å². The van der Waals surface area contributed by atoms with Gasteiger partial charge in [0.1, 0.15) is 5.52 Å². The topological polar surface area (TPSA) is 99.8 Å². The summed E-state index contributed by atoms with van der Waals surface area (Å²) in [6.07, 6.45) is 6.64. The highest BCUT2D eigenvalue weighted by atomic mass is 16.5. The SMILES string of the molecule is Cc1cc2nccnc2cc1Nc1ncc2c(n1)n(C1CCOCC1)c(=O)n2C. The summed E-state index contributed by atoms with van der Waals surface area (Å²) in [4.78, 5) is 30.7. The molecule has 0 amide bonds. The van der Waals surface area contributed by atoms with E-state index >= 15 is 0 Å². The van der Waals surface area contributed by atoms with Gasteiger partial charge >= 0.3 is 5.69 Å². The number of aromatic nitrogens is 6. The standard InChI is InChI=1S/C20H21N7O2/c1-12-9-15-16(22-6-5-21-15)10-14(12)24-19-23-11-17-18(25-19)27(20(28)26(17)2)13-3-7-29-8-4-13/h5-6,9-11,13H,3-4,7-8H2,1-2H3,(H,23,24,25). The lowest BCUT2D eigenvalue weighted by molar-refractivity contribution is 0.0695. The van der Waals surface area contributed by atoms with Crippen LogP contribution in [0.5, 0.6) is 0 Å². The summed E-state index contributed by atoms with van der Waals surface area (Å²) in [5.74, 6) is 0.440. The summed E-state index contributed by atoms with van der Waals surface area (Å²) >= 11 is 0. The van der Waals surface area contributed by atoms with E-state index in [1.165, 1.54) is 0 Å². The number of benzene rings is 1. The molecule has 1 aliphatic rings. The van der Waals surface area contributed by atoms with Gasteiger partial charge in [-0.05, 0) is 37.5 Å². The van der Waals surface area contributed by atoms with E-state index in [2.05, 4.69) is 20.3 Å². The van der Waals surface area contributed by atoms with Gasteiger partial charge in [-0.15, -0.1) is 0 Å². The Kier molecular flexibility index (Phi) is 4.24. The Hall–Kier alpha value is -3.33. The Morgan fingerprint density at radius 1 is 1.10 bits per heavy atom. The zero-order valence-corrected chi connectivity index (χ0v) is 16.3. The van der Waals surface area contributed by atoms with Crippen LogP contribution in [0, 0.1) is 6.92 Å². The largest absolute Gasteiger partial charge is 0.381 e. The zero-order chi connectivity index (χ0) is 20.0. The number of nitrogens with one attached hydrogen (secondary N) is 1. The molecule has 0 bridgehead atoms. The van der Waals surface area contributed by atoms with E-state index in [0.717, 1.165) is 35.1 Å². The third-order valence-electron chi connectivity index (χ3n) is 5.45. The molecular weight excluding hydrogens is 370 g/mol. The highest BCUT2D eigenvalue weighted by Gasteiger charge is 2.23. The minimum atomic E-state index is -0.0736. The number of aryl methyl sites for hydroxylation is 2. The molecule has 1 fully saturated rings. The fraction of sp³-hybridized carbons (Fsp3) is 0.350. The van der Waals surface area contributed by atoms with Crippen molar-refractivity contribution in [2.24, 2.45) is 7.05 Å². The molecule has 9 heteroatoms. The third kappa shape index (κ3) is 3.03. The monoisotopic (exact) mass is 391 g/mol. The van der Waals surface area contributed by atoms with Crippen molar-refractivity contribution >= 4 is 33.8 Å². The molecule has 0 atom stereocenters. The third-order valence-corrected chi connectivity index (χ3v) is 5.45. The van der Waals surface area contributed by atoms with E-state index in [0.29, 0.717) is 30.3 Å². The molecule has 5 rings (SSSR count). The van der Waals surface area contributed by atoms with Crippen LogP contribution in [0.1, 0.15) is 24.4 Å². The van der Waals surface area contributed by atoms with E-state index in [1.807, 2.05) is 19.1 Å². The van der Waals surface area contributed by atoms with Crippen molar-refractivity contribution in [3.8, 4) is 0 Å². The molecular formula is C20H21N7O2. The zero-order valence-electron chi connectivity index (χ0n) is 16.3. The van der Waals surface area contributed by atoms with Crippen LogP contribution < -0.4 is 11.0 Å². The van der Waals surface area contributed by atoms with Crippen molar-refractivity contribution in [2.75, 3.05) is 18.5 Å². The minimum Gasteiger partial charge on any atom is -0.381 e. The summed E-state index contributed by atoms with van der Waals surface area (Å²) in [6.45, 7) is 3.30. The van der Waals surface area contributed by atoms with E-state index < -0.39 is 0 Å². The molecule has 0 aliphatic carbocycles. The van der Waals surface area contributed by atoms with Crippen LogP contribution in [0.25, 0.3) is 22.2 Å². The van der Waals surface area contributed by atoms with Gasteiger partial charge in [0.15, 0.2) is 5.65 Å². The molecule has 1 aromatic carbocycles. The second kappa shape index (κ2) is 6.93. The highest BCUT2D eigenvalue weighted by Crippen LogP contribution is 2.26. The quantitative estimate of drug-likeness (QED) is 0.573. The van der Waals surface area contributed by atoms with E-state index in [1.54, 1.807) is 34.8 Å². The summed E-state index contributed by atoms with van der Waals surface area (Å²) in [5, 5.41) is 3.28. The van der Waals surface area contributed by atoms with Crippen LogP contribution in [0.2, 0.25) is 0 Å². The van der Waals surface area contributed by atoms with Crippen molar-refractivity contribution in [2.45, 2.75) is 25.8 Å². The molecule has 9 nitrogen and oxygen atoms in total. The fourth-order valence-corrected chi connectivity index (χ4v) is 3.84. The Morgan fingerprint density at radius 3 is 2.59 bits per heavy atom. The first-order chi connectivity index (χ1) is 14.1. The number of anilines is 2. The predicted octanol–water partition coefficient (Wildman–Crippen LogP) is 2.48. The van der Waals surface area contributed by atoms with Gasteiger partial charge in [-0.2, -0.15) is 4.98 Å².